The molecule has 2 aromatic rings. The number of sulfonamides is 1. The van der Waals surface area contributed by atoms with Crippen molar-refractivity contribution in [3.05, 3.63) is 40.1 Å². The Morgan fingerprint density at radius 2 is 2.04 bits per heavy atom. The molecule has 1 saturated heterocycles. The lowest BCUT2D eigenvalue weighted by Gasteiger charge is -2.20. The minimum absolute atomic E-state index is 0.0240. The van der Waals surface area contributed by atoms with Crippen LogP contribution >= 0.6 is 23.1 Å². The second-order valence-electron chi connectivity index (χ2n) is 6.27. The van der Waals surface area contributed by atoms with Crippen molar-refractivity contribution < 1.29 is 27.4 Å². The second kappa shape index (κ2) is 7.94. The normalized spacial score (nSPS) is 20.0. The summed E-state index contributed by atoms with van der Waals surface area (Å²) < 4.78 is 43.2. The number of nitrogens with zero attached hydrogens (tertiary/aromatic N) is 1. The Morgan fingerprint density at radius 3 is 2.86 bits per heavy atom. The van der Waals surface area contributed by atoms with Crippen molar-refractivity contribution in [2.45, 2.75) is 16.6 Å². The molecule has 3 heterocycles. The highest BCUT2D eigenvalue weighted by atomic mass is 32.2. The summed E-state index contributed by atoms with van der Waals surface area (Å²) in [5, 5.41) is 1.76. The number of hydrogen-bond donors (Lipinski definition) is 0. The summed E-state index contributed by atoms with van der Waals surface area (Å²) in [4.78, 5) is 12.0. The van der Waals surface area contributed by atoms with Gasteiger partial charge in [0.15, 0.2) is 11.5 Å². The van der Waals surface area contributed by atoms with Gasteiger partial charge in [0.25, 0.3) is 0 Å². The number of thioether (sulfide) groups is 1. The molecule has 0 aliphatic carbocycles. The molecular weight excluding hydrogens is 422 g/mol. The molecule has 28 heavy (non-hydrogen) atoms. The second-order valence-corrected chi connectivity index (χ2v) is 10.4. The van der Waals surface area contributed by atoms with Gasteiger partial charge in [-0.05, 0) is 35.6 Å². The van der Waals surface area contributed by atoms with E-state index < -0.39 is 16.0 Å². The van der Waals surface area contributed by atoms with E-state index in [-0.39, 0.29) is 21.8 Å². The highest BCUT2D eigenvalue weighted by molar-refractivity contribution is 7.99. The molecule has 0 bridgehead atoms. The highest BCUT2D eigenvalue weighted by Crippen LogP contribution is 2.41. The quantitative estimate of drug-likeness (QED) is 0.674. The van der Waals surface area contributed by atoms with E-state index >= 15 is 0 Å². The van der Waals surface area contributed by atoms with Gasteiger partial charge in [0.2, 0.25) is 16.8 Å². The fourth-order valence-corrected chi connectivity index (χ4v) is 7.35. The van der Waals surface area contributed by atoms with Crippen LogP contribution in [0.3, 0.4) is 0 Å². The van der Waals surface area contributed by atoms with Gasteiger partial charge in [0.1, 0.15) is 9.77 Å². The number of carbonyl (C=O) groups excluding carboxylic acids is 1. The number of fused-ring (bicyclic) bond motifs is 1. The average Bonchev–Trinajstić information content (AvgIpc) is 3.31. The SMILES string of the molecule is COC(=O)c1sccc1S(=O)(=O)N1CCS[C@H](c2ccc3c(c2)OCO3)CC1. The monoisotopic (exact) mass is 441 g/mol. The summed E-state index contributed by atoms with van der Waals surface area (Å²) in [6.07, 6.45) is 0.668. The van der Waals surface area contributed by atoms with E-state index in [0.717, 1.165) is 28.4 Å². The number of benzene rings is 1. The van der Waals surface area contributed by atoms with Crippen LogP contribution in [0.15, 0.2) is 34.5 Å². The number of hydrogen-bond acceptors (Lipinski definition) is 8. The summed E-state index contributed by atoms with van der Waals surface area (Å²) >= 11 is 2.80. The predicted octanol–water partition coefficient (Wildman–Crippen LogP) is 3.13. The summed E-state index contributed by atoms with van der Waals surface area (Å²) in [5.74, 6) is 1.50. The molecule has 1 atom stereocenters. The Morgan fingerprint density at radius 1 is 1.21 bits per heavy atom. The molecule has 2 aliphatic heterocycles. The molecule has 0 N–H and O–H groups in total. The van der Waals surface area contributed by atoms with Gasteiger partial charge in [-0.15, -0.1) is 11.3 Å². The zero-order valence-electron chi connectivity index (χ0n) is 15.1. The van der Waals surface area contributed by atoms with E-state index in [1.807, 2.05) is 18.2 Å². The van der Waals surface area contributed by atoms with Gasteiger partial charge < -0.3 is 14.2 Å². The predicted molar refractivity (Wildman–Crippen MR) is 107 cm³/mol. The van der Waals surface area contributed by atoms with Crippen molar-refractivity contribution in [2.75, 3.05) is 32.7 Å². The number of rotatable bonds is 4. The maximum atomic E-state index is 13.1. The van der Waals surface area contributed by atoms with E-state index in [1.165, 1.54) is 17.5 Å². The standard InChI is InChI=1S/C18H19NO6S3/c1-23-18(20)17-16(5-8-27-17)28(21,22)19-6-4-15(26-9-7-19)12-2-3-13-14(10-12)25-11-24-13/h2-3,5,8,10,15H,4,6-7,9,11H2,1H3/t15-/m0/s1. The van der Waals surface area contributed by atoms with Crippen LogP contribution < -0.4 is 9.47 Å². The first-order valence-corrected chi connectivity index (χ1v) is 12.0. The fraction of sp³-hybridized carbons (Fsp3) is 0.389. The van der Waals surface area contributed by atoms with Gasteiger partial charge in [-0.3, -0.25) is 0 Å². The molecule has 150 valence electrons. The molecule has 4 rings (SSSR count). The topological polar surface area (TPSA) is 82.1 Å². The molecule has 7 nitrogen and oxygen atoms in total. The largest absolute Gasteiger partial charge is 0.465 e. The van der Waals surface area contributed by atoms with E-state index in [0.29, 0.717) is 25.3 Å². The van der Waals surface area contributed by atoms with Gasteiger partial charge >= 0.3 is 5.97 Å². The van der Waals surface area contributed by atoms with Crippen LogP contribution in [-0.4, -0.2) is 51.4 Å². The number of ether oxygens (including phenoxy) is 3. The van der Waals surface area contributed by atoms with E-state index in [9.17, 15) is 13.2 Å². The number of esters is 1. The first-order valence-electron chi connectivity index (χ1n) is 8.68. The third-order valence-corrected chi connectivity index (χ3v) is 8.98. The van der Waals surface area contributed by atoms with E-state index in [4.69, 9.17) is 14.2 Å². The molecule has 2 aliphatic rings. The number of thiophene rings is 1. The van der Waals surface area contributed by atoms with Crippen molar-refractivity contribution in [1.82, 2.24) is 4.31 Å². The maximum Gasteiger partial charge on any atom is 0.349 e. The van der Waals surface area contributed by atoms with Crippen LogP contribution in [0.1, 0.15) is 26.9 Å². The summed E-state index contributed by atoms with van der Waals surface area (Å²) in [6, 6.07) is 7.34. The summed E-state index contributed by atoms with van der Waals surface area (Å²) in [7, 11) is -2.51. The fourth-order valence-electron chi connectivity index (χ4n) is 3.25. The zero-order chi connectivity index (χ0) is 19.7. The lowest BCUT2D eigenvalue weighted by molar-refractivity contribution is 0.0602. The molecule has 1 fully saturated rings. The van der Waals surface area contributed by atoms with Crippen molar-refractivity contribution in [1.29, 1.82) is 0 Å². The van der Waals surface area contributed by atoms with Crippen LogP contribution in [0.2, 0.25) is 0 Å². The minimum Gasteiger partial charge on any atom is -0.465 e. The Bertz CT molecular complexity index is 987. The van der Waals surface area contributed by atoms with Crippen LogP contribution in [0.5, 0.6) is 11.5 Å². The molecule has 1 aromatic carbocycles. The average molecular weight is 442 g/mol. The Kier molecular flexibility index (Phi) is 5.55. The summed E-state index contributed by atoms with van der Waals surface area (Å²) in [5.41, 5.74) is 1.10. The van der Waals surface area contributed by atoms with Crippen molar-refractivity contribution in [2.24, 2.45) is 0 Å². The minimum atomic E-state index is -3.76. The smallest absolute Gasteiger partial charge is 0.349 e. The first kappa shape index (κ1) is 19.6. The Labute approximate surface area is 171 Å². The molecule has 0 amide bonds. The Balaban J connectivity index is 1.52. The van der Waals surface area contributed by atoms with E-state index in [1.54, 1.807) is 17.1 Å². The van der Waals surface area contributed by atoms with Gasteiger partial charge in [-0.25, -0.2) is 13.2 Å². The zero-order valence-corrected chi connectivity index (χ0v) is 17.6. The van der Waals surface area contributed by atoms with Gasteiger partial charge in [-0.1, -0.05) is 6.07 Å². The van der Waals surface area contributed by atoms with Crippen molar-refractivity contribution >= 4 is 39.1 Å². The van der Waals surface area contributed by atoms with Crippen LogP contribution in [-0.2, 0) is 14.8 Å². The molecule has 0 radical (unpaired) electrons. The van der Waals surface area contributed by atoms with Gasteiger partial charge in [0.05, 0.1) is 7.11 Å². The molecule has 0 spiro atoms. The number of methoxy groups -OCH3 is 1. The molecule has 10 heteroatoms. The first-order chi connectivity index (χ1) is 13.5. The van der Waals surface area contributed by atoms with Gasteiger partial charge in [0, 0.05) is 24.1 Å². The van der Waals surface area contributed by atoms with Crippen LogP contribution in [0.25, 0.3) is 0 Å². The molecule has 0 unspecified atom stereocenters. The molecular formula is C18H19NO6S3. The molecule has 0 saturated carbocycles. The maximum absolute atomic E-state index is 13.1. The van der Waals surface area contributed by atoms with Crippen molar-refractivity contribution in [3.8, 4) is 11.5 Å². The third-order valence-electron chi connectivity index (χ3n) is 4.69. The van der Waals surface area contributed by atoms with Crippen LogP contribution in [0.4, 0.5) is 0 Å². The number of carbonyl (C=O) groups is 1. The van der Waals surface area contributed by atoms with Gasteiger partial charge in [-0.2, -0.15) is 16.1 Å². The third kappa shape index (κ3) is 3.61. The lowest BCUT2D eigenvalue weighted by atomic mass is 10.1. The van der Waals surface area contributed by atoms with Crippen LogP contribution in [0, 0.1) is 0 Å². The summed E-state index contributed by atoms with van der Waals surface area (Å²) in [6.45, 7) is 1.00. The van der Waals surface area contributed by atoms with E-state index in [2.05, 4.69) is 0 Å². The highest BCUT2D eigenvalue weighted by Gasteiger charge is 2.33. The Hall–Kier alpha value is -1.75. The van der Waals surface area contributed by atoms with Crippen molar-refractivity contribution in [3.63, 3.8) is 0 Å². The lowest BCUT2D eigenvalue weighted by Crippen LogP contribution is -2.33. The molecule has 1 aromatic heterocycles.